The fourth-order valence-electron chi connectivity index (χ4n) is 3.26. The van der Waals surface area contributed by atoms with Crippen molar-refractivity contribution >= 4 is 27.4 Å². The molecule has 7 heteroatoms. The second-order valence-corrected chi connectivity index (χ2v) is 7.41. The lowest BCUT2D eigenvalue weighted by atomic mass is 9.94. The predicted octanol–water partition coefficient (Wildman–Crippen LogP) is 2.48. The Labute approximate surface area is 143 Å². The first-order valence-corrected chi connectivity index (χ1v) is 9.05. The van der Waals surface area contributed by atoms with Gasteiger partial charge >= 0.3 is 0 Å². The number of hydrogen-bond donors (Lipinski definition) is 2. The van der Waals surface area contributed by atoms with E-state index in [2.05, 4.69) is 5.32 Å². The second kappa shape index (κ2) is 5.37. The van der Waals surface area contributed by atoms with Crippen LogP contribution in [-0.2, 0) is 16.5 Å². The highest BCUT2D eigenvalue weighted by atomic mass is 32.2. The molecule has 0 radical (unpaired) electrons. The molecule has 1 aliphatic heterocycles. The SMILES string of the molecule is O=C1c2ccccc2C(=O)C1C1=CCc2cc(S(=O)(=O)O)ccc2N1. The summed E-state index contributed by atoms with van der Waals surface area (Å²) < 4.78 is 31.6. The maximum absolute atomic E-state index is 12.6. The summed E-state index contributed by atoms with van der Waals surface area (Å²) >= 11 is 0. The first-order valence-electron chi connectivity index (χ1n) is 7.61. The molecule has 1 aliphatic carbocycles. The summed E-state index contributed by atoms with van der Waals surface area (Å²) in [7, 11) is -4.28. The highest BCUT2D eigenvalue weighted by Crippen LogP contribution is 2.35. The molecule has 0 aromatic heterocycles. The Balaban J connectivity index is 1.68. The van der Waals surface area contributed by atoms with Gasteiger partial charge in [0, 0.05) is 22.5 Å². The minimum Gasteiger partial charge on any atom is -0.358 e. The van der Waals surface area contributed by atoms with Gasteiger partial charge in [-0.3, -0.25) is 14.1 Å². The molecular formula is C18H13NO5S. The van der Waals surface area contributed by atoms with Crippen molar-refractivity contribution in [2.75, 3.05) is 5.32 Å². The molecule has 126 valence electrons. The average Bonchev–Trinajstić information content (AvgIpc) is 2.85. The van der Waals surface area contributed by atoms with Crippen molar-refractivity contribution in [3.63, 3.8) is 0 Å². The third-order valence-corrected chi connectivity index (χ3v) is 5.34. The zero-order chi connectivity index (χ0) is 17.8. The van der Waals surface area contributed by atoms with E-state index < -0.39 is 16.0 Å². The maximum atomic E-state index is 12.6. The number of carbonyl (C=O) groups excluding carboxylic acids is 2. The summed E-state index contributed by atoms with van der Waals surface area (Å²) in [5.41, 5.74) is 2.62. The van der Waals surface area contributed by atoms with Crippen molar-refractivity contribution < 1.29 is 22.6 Å². The Hall–Kier alpha value is -2.77. The molecule has 2 aromatic carbocycles. The van der Waals surface area contributed by atoms with Crippen LogP contribution in [-0.4, -0.2) is 24.5 Å². The van der Waals surface area contributed by atoms with E-state index in [1.54, 1.807) is 30.3 Å². The number of carbonyl (C=O) groups is 2. The van der Waals surface area contributed by atoms with Gasteiger partial charge in [0.1, 0.15) is 5.92 Å². The number of rotatable bonds is 2. The Morgan fingerprint density at radius 1 is 1.00 bits per heavy atom. The van der Waals surface area contributed by atoms with Crippen molar-refractivity contribution in [2.45, 2.75) is 11.3 Å². The number of allylic oxidation sites excluding steroid dienone is 2. The molecule has 25 heavy (non-hydrogen) atoms. The van der Waals surface area contributed by atoms with Gasteiger partial charge in [0.05, 0.1) is 4.90 Å². The predicted molar refractivity (Wildman–Crippen MR) is 90.3 cm³/mol. The smallest absolute Gasteiger partial charge is 0.294 e. The van der Waals surface area contributed by atoms with Gasteiger partial charge in [0.15, 0.2) is 11.6 Å². The third-order valence-electron chi connectivity index (χ3n) is 4.49. The lowest BCUT2D eigenvalue weighted by molar-refractivity contribution is 0.0864. The van der Waals surface area contributed by atoms with Crippen LogP contribution in [0.3, 0.4) is 0 Å². The van der Waals surface area contributed by atoms with Crippen LogP contribution >= 0.6 is 0 Å². The molecule has 4 rings (SSSR count). The molecule has 0 amide bonds. The van der Waals surface area contributed by atoms with Gasteiger partial charge < -0.3 is 5.32 Å². The van der Waals surface area contributed by atoms with Gasteiger partial charge in [-0.1, -0.05) is 30.3 Å². The number of Topliss-reactive ketones (excluding diaryl/α,β-unsaturated/α-hetero) is 2. The van der Waals surface area contributed by atoms with E-state index in [0.717, 1.165) is 0 Å². The van der Waals surface area contributed by atoms with E-state index in [4.69, 9.17) is 4.55 Å². The van der Waals surface area contributed by atoms with E-state index >= 15 is 0 Å². The number of hydrogen-bond acceptors (Lipinski definition) is 5. The Kier molecular flexibility index (Phi) is 3.38. The lowest BCUT2D eigenvalue weighted by Crippen LogP contribution is -2.25. The first kappa shape index (κ1) is 15.7. The van der Waals surface area contributed by atoms with Gasteiger partial charge in [0.2, 0.25) is 0 Å². The van der Waals surface area contributed by atoms with Crippen LogP contribution in [0.4, 0.5) is 5.69 Å². The fourth-order valence-corrected chi connectivity index (χ4v) is 3.79. The van der Waals surface area contributed by atoms with Crippen LogP contribution in [0, 0.1) is 5.92 Å². The molecule has 0 saturated heterocycles. The van der Waals surface area contributed by atoms with Gasteiger partial charge in [-0.2, -0.15) is 8.42 Å². The van der Waals surface area contributed by atoms with Crippen LogP contribution in [0.25, 0.3) is 0 Å². The maximum Gasteiger partial charge on any atom is 0.294 e. The number of ketones is 2. The molecule has 0 bridgehead atoms. The fraction of sp³-hybridized carbons (Fsp3) is 0.111. The highest BCUT2D eigenvalue weighted by molar-refractivity contribution is 7.85. The quantitative estimate of drug-likeness (QED) is 0.634. The molecule has 1 heterocycles. The molecule has 0 unspecified atom stereocenters. The van der Waals surface area contributed by atoms with Crippen molar-refractivity contribution in [1.29, 1.82) is 0 Å². The number of anilines is 1. The van der Waals surface area contributed by atoms with Gasteiger partial charge in [-0.05, 0) is 30.2 Å². The standard InChI is InChI=1S/C18H13NO5S/c20-17-12-3-1-2-4-13(12)18(21)16(17)15-7-5-10-9-11(25(22,23)24)6-8-14(10)19-15/h1-4,6-9,16,19H,5H2,(H,22,23,24). The van der Waals surface area contributed by atoms with Crippen LogP contribution in [0.2, 0.25) is 0 Å². The third kappa shape index (κ3) is 2.48. The van der Waals surface area contributed by atoms with Crippen LogP contribution in [0.5, 0.6) is 0 Å². The summed E-state index contributed by atoms with van der Waals surface area (Å²) in [4.78, 5) is 25.0. The highest BCUT2D eigenvalue weighted by Gasteiger charge is 2.41. The Morgan fingerprint density at radius 3 is 2.24 bits per heavy atom. The summed E-state index contributed by atoms with van der Waals surface area (Å²) in [6, 6.07) is 10.9. The molecule has 0 fully saturated rings. The molecule has 2 N–H and O–H groups in total. The van der Waals surface area contributed by atoms with Gasteiger partial charge in [-0.25, -0.2) is 0 Å². The Morgan fingerprint density at radius 2 is 1.64 bits per heavy atom. The van der Waals surface area contributed by atoms with E-state index in [1.807, 2.05) is 0 Å². The summed E-state index contributed by atoms with van der Waals surface area (Å²) in [5.74, 6) is -1.37. The molecule has 2 aliphatic rings. The average molecular weight is 355 g/mol. The molecule has 0 spiro atoms. The minimum absolute atomic E-state index is 0.190. The summed E-state index contributed by atoms with van der Waals surface area (Å²) in [6.45, 7) is 0. The largest absolute Gasteiger partial charge is 0.358 e. The van der Waals surface area contributed by atoms with Gasteiger partial charge in [-0.15, -0.1) is 0 Å². The molecular weight excluding hydrogens is 342 g/mol. The van der Waals surface area contributed by atoms with Crippen LogP contribution in [0.15, 0.2) is 59.1 Å². The zero-order valence-corrected chi connectivity index (χ0v) is 13.7. The minimum atomic E-state index is -4.28. The molecule has 0 saturated carbocycles. The van der Waals surface area contributed by atoms with Crippen LogP contribution < -0.4 is 5.32 Å². The van der Waals surface area contributed by atoms with Crippen LogP contribution in [0.1, 0.15) is 26.3 Å². The first-order chi connectivity index (χ1) is 11.9. The van der Waals surface area contributed by atoms with E-state index in [-0.39, 0.29) is 16.5 Å². The molecule has 2 aromatic rings. The normalized spacial score (nSPS) is 16.9. The molecule has 6 nitrogen and oxygen atoms in total. The van der Waals surface area contributed by atoms with Crippen molar-refractivity contribution in [2.24, 2.45) is 5.92 Å². The monoisotopic (exact) mass is 355 g/mol. The zero-order valence-electron chi connectivity index (χ0n) is 12.9. The van der Waals surface area contributed by atoms with Crippen molar-refractivity contribution in [3.8, 4) is 0 Å². The topological polar surface area (TPSA) is 101 Å². The molecule has 0 atom stereocenters. The van der Waals surface area contributed by atoms with E-state index in [0.29, 0.717) is 34.5 Å². The number of benzene rings is 2. The van der Waals surface area contributed by atoms with Crippen molar-refractivity contribution in [3.05, 3.63) is 70.9 Å². The van der Waals surface area contributed by atoms with E-state index in [9.17, 15) is 18.0 Å². The second-order valence-electron chi connectivity index (χ2n) is 5.99. The number of fused-ring (bicyclic) bond motifs is 2. The lowest BCUT2D eigenvalue weighted by Gasteiger charge is -2.22. The van der Waals surface area contributed by atoms with E-state index in [1.165, 1.54) is 18.2 Å². The van der Waals surface area contributed by atoms with Gasteiger partial charge in [0.25, 0.3) is 10.1 Å². The summed E-state index contributed by atoms with van der Waals surface area (Å²) in [5, 5.41) is 3.06. The summed E-state index contributed by atoms with van der Waals surface area (Å²) in [6.07, 6.45) is 2.07. The number of nitrogens with one attached hydrogen (secondary N) is 1. The van der Waals surface area contributed by atoms with Crippen molar-refractivity contribution in [1.82, 2.24) is 0 Å². The Bertz CT molecular complexity index is 1030.